The van der Waals surface area contributed by atoms with Crippen molar-refractivity contribution in [3.8, 4) is 0 Å². The van der Waals surface area contributed by atoms with Crippen LogP contribution in [0.2, 0.25) is 0 Å². The number of aliphatic hydroxyl groups is 1. The summed E-state index contributed by atoms with van der Waals surface area (Å²) in [5.74, 6) is 0. The number of rotatable bonds is 5. The Morgan fingerprint density at radius 3 is 2.67 bits per heavy atom. The first-order chi connectivity index (χ1) is 5.52. The Kier molecular flexibility index (Phi) is 5.81. The highest BCUT2D eigenvalue weighted by molar-refractivity contribution is 7.78. The van der Waals surface area contributed by atoms with Gasteiger partial charge in [0.15, 0.2) is 8.30 Å². The van der Waals surface area contributed by atoms with Gasteiger partial charge in [0.05, 0.1) is 18.4 Å². The van der Waals surface area contributed by atoms with Crippen molar-refractivity contribution in [1.82, 2.24) is 0 Å². The molecule has 0 aliphatic rings. The Balaban J connectivity index is 3.74. The molecule has 1 N–H and O–H groups in total. The number of hydrogen-bond donors (Lipinski definition) is 1. The molecule has 0 aliphatic heterocycles. The van der Waals surface area contributed by atoms with E-state index in [1.54, 1.807) is 0 Å². The molecule has 0 aromatic rings. The first-order valence-electron chi connectivity index (χ1n) is 3.57. The Morgan fingerprint density at radius 2 is 2.25 bits per heavy atom. The lowest BCUT2D eigenvalue weighted by Crippen LogP contribution is -2.22. The Labute approximate surface area is 79.7 Å². The summed E-state index contributed by atoms with van der Waals surface area (Å²) in [7, 11) is -0.852. The van der Waals surface area contributed by atoms with Crippen LogP contribution in [-0.2, 0) is 4.52 Å². The third-order valence-electron chi connectivity index (χ3n) is 1.25. The molecule has 0 aliphatic carbocycles. The largest absolute Gasteiger partial charge is 0.396 e. The summed E-state index contributed by atoms with van der Waals surface area (Å²) in [6.45, 7) is 6.31. The van der Waals surface area contributed by atoms with Crippen LogP contribution in [0.3, 0.4) is 0 Å². The van der Waals surface area contributed by atoms with Crippen LogP contribution in [0.25, 0.3) is 0 Å². The topological polar surface area (TPSA) is 41.8 Å². The van der Waals surface area contributed by atoms with Gasteiger partial charge in [-0.1, -0.05) is 13.8 Å². The van der Waals surface area contributed by atoms with E-state index in [9.17, 15) is 0 Å². The van der Waals surface area contributed by atoms with Crippen LogP contribution in [0, 0.1) is 5.41 Å². The number of aliphatic hydroxyl groups excluding tert-OH is 1. The molecule has 0 aromatic heterocycles. The third kappa shape index (κ3) is 5.76. The normalized spacial score (nSPS) is 13.7. The standard InChI is InChI=1S/C7H14NO2PS/c1-7(2,4-9)5-10-11(3)8-6-12/h9H,4-5H2,1-3H3. The van der Waals surface area contributed by atoms with Gasteiger partial charge in [-0.05, 0) is 12.2 Å². The fraction of sp³-hybridized carbons (Fsp3) is 0.857. The summed E-state index contributed by atoms with van der Waals surface area (Å²) < 4.78 is 9.13. The molecule has 12 heavy (non-hydrogen) atoms. The van der Waals surface area contributed by atoms with Crippen molar-refractivity contribution >= 4 is 25.7 Å². The Bertz CT molecular complexity index is 180. The molecule has 0 fully saturated rings. The highest BCUT2D eigenvalue weighted by Crippen LogP contribution is 2.35. The lowest BCUT2D eigenvalue weighted by Gasteiger charge is -2.21. The molecule has 0 amide bonds. The maximum Gasteiger partial charge on any atom is 0.160 e. The minimum atomic E-state index is -0.852. The number of thiocarbonyl (C=S) groups is 1. The predicted octanol–water partition coefficient (Wildman–Crippen LogP) is 2.07. The van der Waals surface area contributed by atoms with Gasteiger partial charge in [0, 0.05) is 12.1 Å². The van der Waals surface area contributed by atoms with E-state index >= 15 is 0 Å². The summed E-state index contributed by atoms with van der Waals surface area (Å²) in [5.41, 5.74) is -0.201. The lowest BCUT2D eigenvalue weighted by molar-refractivity contribution is 0.104. The molecule has 5 heteroatoms. The molecular formula is C7H14NO2PS. The first kappa shape index (κ1) is 12.2. The lowest BCUT2D eigenvalue weighted by atomic mass is 9.97. The summed E-state index contributed by atoms with van der Waals surface area (Å²) in [5, 5.41) is 11.2. The molecule has 1 atom stereocenters. The molecule has 0 radical (unpaired) electrons. The van der Waals surface area contributed by atoms with Crippen molar-refractivity contribution in [1.29, 1.82) is 0 Å². The monoisotopic (exact) mass is 207 g/mol. The van der Waals surface area contributed by atoms with Gasteiger partial charge in [0.2, 0.25) is 0 Å². The highest BCUT2D eigenvalue weighted by atomic mass is 32.1. The molecular weight excluding hydrogens is 193 g/mol. The molecule has 0 aromatic carbocycles. The van der Waals surface area contributed by atoms with Crippen LogP contribution in [0.4, 0.5) is 0 Å². The number of isothiocyanates is 1. The van der Waals surface area contributed by atoms with Crippen LogP contribution in [-0.4, -0.2) is 30.1 Å². The predicted molar refractivity (Wildman–Crippen MR) is 54.7 cm³/mol. The molecule has 1 unspecified atom stereocenters. The fourth-order valence-corrected chi connectivity index (χ4v) is 1.45. The second-order valence-electron chi connectivity index (χ2n) is 3.25. The van der Waals surface area contributed by atoms with Crippen LogP contribution in [0.5, 0.6) is 0 Å². The van der Waals surface area contributed by atoms with E-state index in [4.69, 9.17) is 9.63 Å². The van der Waals surface area contributed by atoms with Crippen molar-refractivity contribution in [3.63, 3.8) is 0 Å². The quantitative estimate of drug-likeness (QED) is 0.426. The van der Waals surface area contributed by atoms with Gasteiger partial charge in [-0.2, -0.15) is 4.76 Å². The van der Waals surface area contributed by atoms with Crippen molar-refractivity contribution in [3.05, 3.63) is 0 Å². The average Bonchev–Trinajstić information content (AvgIpc) is 2.02. The van der Waals surface area contributed by atoms with Crippen LogP contribution >= 0.6 is 20.5 Å². The van der Waals surface area contributed by atoms with Crippen molar-refractivity contribution in [2.24, 2.45) is 10.2 Å². The number of nitrogens with zero attached hydrogens (tertiary/aromatic N) is 1. The summed E-state index contributed by atoms with van der Waals surface area (Å²) in [6, 6.07) is 0. The van der Waals surface area contributed by atoms with E-state index in [1.165, 1.54) is 0 Å². The maximum absolute atomic E-state index is 8.90. The Hall–Kier alpha value is 0.150. The van der Waals surface area contributed by atoms with E-state index in [1.807, 2.05) is 20.5 Å². The van der Waals surface area contributed by atoms with Gasteiger partial charge >= 0.3 is 0 Å². The van der Waals surface area contributed by atoms with Gasteiger partial charge in [0.25, 0.3) is 0 Å². The summed E-state index contributed by atoms with van der Waals surface area (Å²) >= 11 is 4.43. The second kappa shape index (κ2) is 5.74. The molecule has 0 saturated carbocycles. The van der Waals surface area contributed by atoms with E-state index in [2.05, 4.69) is 22.1 Å². The second-order valence-corrected chi connectivity index (χ2v) is 4.82. The first-order valence-corrected chi connectivity index (χ1v) is 5.64. The van der Waals surface area contributed by atoms with Crippen LogP contribution in [0.15, 0.2) is 4.76 Å². The van der Waals surface area contributed by atoms with Crippen molar-refractivity contribution in [2.75, 3.05) is 19.9 Å². The zero-order valence-corrected chi connectivity index (χ0v) is 9.28. The summed E-state index contributed by atoms with van der Waals surface area (Å²) in [4.78, 5) is 0. The van der Waals surface area contributed by atoms with Crippen LogP contribution in [0.1, 0.15) is 13.8 Å². The van der Waals surface area contributed by atoms with E-state index in [0.29, 0.717) is 6.61 Å². The van der Waals surface area contributed by atoms with Crippen molar-refractivity contribution < 1.29 is 9.63 Å². The van der Waals surface area contributed by atoms with Gasteiger partial charge < -0.3 is 9.63 Å². The zero-order chi connectivity index (χ0) is 9.61. The maximum atomic E-state index is 8.90. The van der Waals surface area contributed by atoms with E-state index < -0.39 is 8.30 Å². The smallest absolute Gasteiger partial charge is 0.160 e. The third-order valence-corrected chi connectivity index (χ3v) is 2.36. The van der Waals surface area contributed by atoms with Crippen molar-refractivity contribution in [2.45, 2.75) is 13.8 Å². The molecule has 0 bridgehead atoms. The van der Waals surface area contributed by atoms with E-state index in [0.717, 1.165) is 0 Å². The van der Waals surface area contributed by atoms with Gasteiger partial charge in [0.1, 0.15) is 0 Å². The van der Waals surface area contributed by atoms with Gasteiger partial charge in [-0.25, -0.2) is 0 Å². The number of hydrogen-bond acceptors (Lipinski definition) is 4. The van der Waals surface area contributed by atoms with E-state index in [-0.39, 0.29) is 12.0 Å². The average molecular weight is 207 g/mol. The zero-order valence-electron chi connectivity index (χ0n) is 7.57. The van der Waals surface area contributed by atoms with Crippen LogP contribution < -0.4 is 0 Å². The molecule has 3 nitrogen and oxygen atoms in total. The summed E-state index contributed by atoms with van der Waals surface area (Å²) in [6.07, 6.45) is 0. The fourth-order valence-electron chi connectivity index (χ4n) is 0.400. The molecule has 0 heterocycles. The molecule has 0 saturated heterocycles. The SMILES string of the molecule is CP(N=C=S)OCC(C)(C)CO. The molecule has 0 spiro atoms. The Morgan fingerprint density at radius 1 is 1.67 bits per heavy atom. The molecule has 0 rings (SSSR count). The minimum Gasteiger partial charge on any atom is -0.396 e. The molecule has 70 valence electrons. The highest BCUT2D eigenvalue weighted by Gasteiger charge is 2.17. The van der Waals surface area contributed by atoms with Gasteiger partial charge in [-0.3, -0.25) is 0 Å². The van der Waals surface area contributed by atoms with Gasteiger partial charge in [-0.15, -0.1) is 0 Å². The minimum absolute atomic E-state index is 0.109.